The number of phenolic OH excluding ortho intramolecular Hbond substituents is 1. The average Bonchev–Trinajstić information content (AvgIpc) is 2.52. The fourth-order valence-corrected chi connectivity index (χ4v) is 3.57. The lowest BCUT2D eigenvalue weighted by molar-refractivity contribution is -0.119. The summed E-state index contributed by atoms with van der Waals surface area (Å²) in [5.41, 5.74) is 4.04. The van der Waals surface area contributed by atoms with Gasteiger partial charge < -0.3 is 10.4 Å². The van der Waals surface area contributed by atoms with Crippen molar-refractivity contribution in [1.29, 1.82) is 0 Å². The summed E-state index contributed by atoms with van der Waals surface area (Å²) in [7, 11) is 0. The second-order valence-electron chi connectivity index (χ2n) is 4.49. The van der Waals surface area contributed by atoms with Crippen LogP contribution in [-0.2, 0) is 4.79 Å². The van der Waals surface area contributed by atoms with Gasteiger partial charge in [-0.25, -0.2) is 5.43 Å². The molecule has 0 heterocycles. The third-order valence-electron chi connectivity index (χ3n) is 2.74. The molecule has 0 fully saturated rings. The third kappa shape index (κ3) is 5.81. The molecule has 0 aromatic heterocycles. The van der Waals surface area contributed by atoms with Crippen LogP contribution in [0.5, 0.6) is 5.75 Å². The van der Waals surface area contributed by atoms with Gasteiger partial charge in [0.1, 0.15) is 5.75 Å². The van der Waals surface area contributed by atoms with Crippen molar-refractivity contribution in [2.75, 3.05) is 11.9 Å². The molecule has 0 aliphatic rings. The van der Waals surface area contributed by atoms with Gasteiger partial charge in [0, 0.05) is 10.7 Å². The van der Waals surface area contributed by atoms with Crippen molar-refractivity contribution >= 4 is 74.6 Å². The molecule has 5 nitrogen and oxygen atoms in total. The number of amides is 1. The van der Waals surface area contributed by atoms with Crippen LogP contribution in [0.3, 0.4) is 0 Å². The number of hydrazone groups is 1. The number of hydrogen-bond donors (Lipinski definition) is 3. The number of phenols is 1. The standard InChI is InChI=1S/C15H12ClI2N3O2/c16-10-1-3-11(4-2-10)19-8-14(22)21-20-7-9-5-12(17)15(23)13(18)6-9/h1-7,19,23H,8H2,(H,21,22)/b20-7-. The number of hydrogen-bond acceptors (Lipinski definition) is 4. The summed E-state index contributed by atoms with van der Waals surface area (Å²) in [5.74, 6) is -0.0149. The molecule has 0 saturated heterocycles. The number of halogens is 3. The lowest BCUT2D eigenvalue weighted by Gasteiger charge is -2.05. The minimum atomic E-state index is -0.264. The zero-order valence-electron chi connectivity index (χ0n) is 11.7. The van der Waals surface area contributed by atoms with Crippen LogP contribution in [0.2, 0.25) is 5.02 Å². The molecule has 0 unspecified atom stereocenters. The Bertz CT molecular complexity index is 713. The monoisotopic (exact) mass is 555 g/mol. The summed E-state index contributed by atoms with van der Waals surface area (Å²) in [6.45, 7) is 0.101. The van der Waals surface area contributed by atoms with E-state index in [-0.39, 0.29) is 18.2 Å². The summed E-state index contributed by atoms with van der Waals surface area (Å²) in [6.07, 6.45) is 1.53. The van der Waals surface area contributed by atoms with Crippen LogP contribution in [0.1, 0.15) is 5.56 Å². The highest BCUT2D eigenvalue weighted by molar-refractivity contribution is 14.1. The summed E-state index contributed by atoms with van der Waals surface area (Å²) in [5, 5.41) is 17.2. The quantitative estimate of drug-likeness (QED) is 0.299. The number of aromatic hydroxyl groups is 1. The smallest absolute Gasteiger partial charge is 0.259 e. The second kappa shape index (κ2) is 8.69. The first-order chi connectivity index (χ1) is 11.0. The van der Waals surface area contributed by atoms with Crippen LogP contribution in [0, 0.1) is 7.14 Å². The van der Waals surface area contributed by atoms with E-state index in [1.54, 1.807) is 36.4 Å². The van der Waals surface area contributed by atoms with Gasteiger partial charge in [-0.1, -0.05) is 11.6 Å². The Morgan fingerprint density at radius 2 is 1.83 bits per heavy atom. The molecule has 120 valence electrons. The van der Waals surface area contributed by atoms with E-state index in [9.17, 15) is 9.90 Å². The Labute approximate surface area is 165 Å². The molecular weight excluding hydrogens is 543 g/mol. The highest BCUT2D eigenvalue weighted by atomic mass is 127. The predicted molar refractivity (Wildman–Crippen MR) is 109 cm³/mol. The number of nitrogens with one attached hydrogen (secondary N) is 2. The topological polar surface area (TPSA) is 73.7 Å². The van der Waals surface area contributed by atoms with Gasteiger partial charge in [0.15, 0.2) is 0 Å². The minimum Gasteiger partial charge on any atom is -0.506 e. The predicted octanol–water partition coefficient (Wildman–Crippen LogP) is 3.82. The highest BCUT2D eigenvalue weighted by Crippen LogP contribution is 2.26. The molecule has 0 spiro atoms. The summed E-state index contributed by atoms with van der Waals surface area (Å²) < 4.78 is 1.46. The van der Waals surface area contributed by atoms with E-state index in [2.05, 4.69) is 15.8 Å². The lowest BCUT2D eigenvalue weighted by atomic mass is 10.2. The van der Waals surface area contributed by atoms with Crippen LogP contribution in [-0.4, -0.2) is 23.8 Å². The second-order valence-corrected chi connectivity index (χ2v) is 7.25. The van der Waals surface area contributed by atoms with Gasteiger partial charge in [-0.2, -0.15) is 5.10 Å². The maximum absolute atomic E-state index is 11.7. The maximum atomic E-state index is 11.7. The molecule has 23 heavy (non-hydrogen) atoms. The van der Waals surface area contributed by atoms with E-state index in [0.717, 1.165) is 18.4 Å². The molecule has 0 atom stereocenters. The van der Waals surface area contributed by atoms with Crippen LogP contribution in [0.15, 0.2) is 41.5 Å². The van der Waals surface area contributed by atoms with Crippen LogP contribution in [0.4, 0.5) is 5.69 Å². The van der Waals surface area contributed by atoms with E-state index in [4.69, 9.17) is 11.6 Å². The normalized spacial score (nSPS) is 10.7. The van der Waals surface area contributed by atoms with Crippen LogP contribution in [0.25, 0.3) is 0 Å². The van der Waals surface area contributed by atoms with E-state index < -0.39 is 0 Å². The van der Waals surface area contributed by atoms with Gasteiger partial charge in [0.2, 0.25) is 0 Å². The van der Waals surface area contributed by atoms with Gasteiger partial charge in [0.25, 0.3) is 5.91 Å². The van der Waals surface area contributed by atoms with Crippen molar-refractivity contribution in [3.8, 4) is 5.75 Å². The SMILES string of the molecule is O=C(CNc1ccc(Cl)cc1)N/N=C\c1cc(I)c(O)c(I)c1. The number of carbonyl (C=O) groups excluding carboxylic acids is 1. The van der Waals surface area contributed by atoms with Crippen molar-refractivity contribution in [1.82, 2.24) is 5.43 Å². The zero-order chi connectivity index (χ0) is 16.8. The maximum Gasteiger partial charge on any atom is 0.259 e. The van der Waals surface area contributed by atoms with Crippen LogP contribution >= 0.6 is 56.8 Å². The van der Waals surface area contributed by atoms with Gasteiger partial charge in [-0.05, 0) is 87.1 Å². The largest absolute Gasteiger partial charge is 0.506 e. The third-order valence-corrected chi connectivity index (χ3v) is 4.64. The molecule has 2 aromatic carbocycles. The molecule has 0 aliphatic carbocycles. The lowest BCUT2D eigenvalue weighted by Crippen LogP contribution is -2.25. The molecule has 0 aliphatic heterocycles. The Morgan fingerprint density at radius 1 is 1.22 bits per heavy atom. The summed E-state index contributed by atoms with van der Waals surface area (Å²) in [4.78, 5) is 11.7. The molecular formula is C15H12ClI2N3O2. The average molecular weight is 556 g/mol. The Balaban J connectivity index is 1.85. The minimum absolute atomic E-state index is 0.101. The first-order valence-electron chi connectivity index (χ1n) is 6.45. The molecule has 0 bridgehead atoms. The van der Waals surface area contributed by atoms with Crippen molar-refractivity contribution in [2.24, 2.45) is 5.10 Å². The number of anilines is 1. The Hall–Kier alpha value is -1.07. The summed E-state index contributed by atoms with van der Waals surface area (Å²) >= 11 is 9.87. The van der Waals surface area contributed by atoms with Crippen molar-refractivity contribution < 1.29 is 9.90 Å². The molecule has 0 radical (unpaired) electrons. The number of benzene rings is 2. The van der Waals surface area contributed by atoms with E-state index >= 15 is 0 Å². The Kier molecular flexibility index (Phi) is 6.90. The molecule has 0 saturated carbocycles. The van der Waals surface area contributed by atoms with Gasteiger partial charge in [-0.15, -0.1) is 0 Å². The van der Waals surface area contributed by atoms with Gasteiger partial charge in [0.05, 0.1) is 19.9 Å². The molecule has 2 aromatic rings. The fourth-order valence-electron chi connectivity index (χ4n) is 1.63. The molecule has 1 amide bonds. The molecule has 3 N–H and O–H groups in total. The van der Waals surface area contributed by atoms with E-state index in [0.29, 0.717) is 5.02 Å². The van der Waals surface area contributed by atoms with Crippen LogP contribution < -0.4 is 10.7 Å². The molecule has 2 rings (SSSR count). The molecule has 8 heteroatoms. The fraction of sp³-hybridized carbons (Fsp3) is 0.0667. The number of rotatable bonds is 5. The first kappa shape index (κ1) is 18.3. The highest BCUT2D eigenvalue weighted by Gasteiger charge is 2.04. The van der Waals surface area contributed by atoms with Gasteiger partial charge in [-0.3, -0.25) is 4.79 Å². The summed E-state index contributed by atoms with van der Waals surface area (Å²) in [6, 6.07) is 10.6. The van der Waals surface area contributed by atoms with Gasteiger partial charge >= 0.3 is 0 Å². The van der Waals surface area contributed by atoms with Crippen molar-refractivity contribution in [3.05, 3.63) is 54.1 Å². The van der Waals surface area contributed by atoms with Crippen molar-refractivity contribution in [3.63, 3.8) is 0 Å². The van der Waals surface area contributed by atoms with Crippen molar-refractivity contribution in [2.45, 2.75) is 0 Å². The number of nitrogens with zero attached hydrogens (tertiary/aromatic N) is 1. The Morgan fingerprint density at radius 3 is 2.43 bits per heavy atom. The number of carbonyl (C=O) groups is 1. The van der Waals surface area contributed by atoms with E-state index in [1.807, 2.05) is 45.2 Å². The first-order valence-corrected chi connectivity index (χ1v) is 8.98. The zero-order valence-corrected chi connectivity index (χ0v) is 16.8. The van der Waals surface area contributed by atoms with E-state index in [1.165, 1.54) is 6.21 Å².